The molecule has 170 valence electrons. The Balaban J connectivity index is 1.46. The number of ether oxygens (including phenoxy) is 1. The van der Waals surface area contributed by atoms with Crippen LogP contribution in [0, 0.1) is 5.41 Å². The molecule has 0 radical (unpaired) electrons. The molecular weight excluding hydrogens is 406 g/mol. The molecule has 0 saturated carbocycles. The summed E-state index contributed by atoms with van der Waals surface area (Å²) in [4.78, 5) is 36.0. The van der Waals surface area contributed by atoms with Crippen LogP contribution in [0.25, 0.3) is 0 Å². The number of carbonyl (C=O) groups excluding carboxylic acids is 2. The topological polar surface area (TPSA) is 110 Å². The number of nitrogen functional groups attached to an aromatic ring is 1. The van der Waals surface area contributed by atoms with Crippen LogP contribution in [-0.4, -0.2) is 52.4 Å². The standard InChI is InChI=1S/C24H31N5O3/c1-17-16-32-19-8-3-2-6-18(19)7-4-5-9-24(23(31)28-17)10-14-29(15-11-24)22(30)20-21(25)27-13-12-26-20/h2-3,6,8,12-13,17H,4-5,7,9-11,14-16H2,1H3,(H2,25,27)(H,28,31)/t17-/m1/s1. The van der Waals surface area contributed by atoms with Gasteiger partial charge in [0.05, 0.1) is 11.5 Å². The normalized spacial score (nSPS) is 21.5. The number of para-hydroxylation sites is 1. The third-order valence-electron chi connectivity index (χ3n) is 6.61. The van der Waals surface area contributed by atoms with Crippen molar-refractivity contribution in [1.29, 1.82) is 0 Å². The van der Waals surface area contributed by atoms with E-state index in [2.05, 4.69) is 21.4 Å². The molecule has 3 N–H and O–H groups in total. The molecule has 0 aliphatic carbocycles. The predicted octanol–water partition coefficient (Wildman–Crippen LogP) is 2.59. The van der Waals surface area contributed by atoms with Crippen molar-refractivity contribution in [2.24, 2.45) is 5.41 Å². The Bertz CT molecular complexity index is 972. The van der Waals surface area contributed by atoms with Crippen LogP contribution in [0.1, 0.15) is 55.1 Å². The molecule has 2 aromatic rings. The van der Waals surface area contributed by atoms with Gasteiger partial charge in [-0.3, -0.25) is 9.59 Å². The summed E-state index contributed by atoms with van der Waals surface area (Å²) in [7, 11) is 0. The highest BCUT2D eigenvalue weighted by Gasteiger charge is 2.42. The summed E-state index contributed by atoms with van der Waals surface area (Å²) < 4.78 is 6.01. The maximum Gasteiger partial charge on any atom is 0.276 e. The van der Waals surface area contributed by atoms with Crippen LogP contribution in [0.4, 0.5) is 5.82 Å². The number of amides is 2. The van der Waals surface area contributed by atoms with Gasteiger partial charge in [0.1, 0.15) is 12.4 Å². The lowest BCUT2D eigenvalue weighted by atomic mass is 9.73. The molecule has 8 nitrogen and oxygen atoms in total. The van der Waals surface area contributed by atoms with Gasteiger partial charge < -0.3 is 20.7 Å². The van der Waals surface area contributed by atoms with Gasteiger partial charge in [-0.2, -0.15) is 0 Å². The van der Waals surface area contributed by atoms with Gasteiger partial charge in [-0.05, 0) is 50.7 Å². The molecule has 4 rings (SSSR count). The van der Waals surface area contributed by atoms with Gasteiger partial charge in [-0.25, -0.2) is 9.97 Å². The first-order valence-electron chi connectivity index (χ1n) is 11.4. The zero-order chi connectivity index (χ0) is 22.6. The monoisotopic (exact) mass is 437 g/mol. The fourth-order valence-corrected chi connectivity index (χ4v) is 4.66. The number of aromatic nitrogens is 2. The molecule has 3 heterocycles. The Labute approximate surface area is 188 Å². The summed E-state index contributed by atoms with van der Waals surface area (Å²) in [5.41, 5.74) is 6.75. The van der Waals surface area contributed by atoms with Crippen LogP contribution in [0.15, 0.2) is 36.7 Å². The molecule has 2 amide bonds. The van der Waals surface area contributed by atoms with Gasteiger partial charge in [0.15, 0.2) is 11.5 Å². The summed E-state index contributed by atoms with van der Waals surface area (Å²) in [5.74, 6) is 0.876. The highest BCUT2D eigenvalue weighted by atomic mass is 16.5. The van der Waals surface area contributed by atoms with Crippen molar-refractivity contribution in [1.82, 2.24) is 20.2 Å². The Hall–Kier alpha value is -3.16. The Morgan fingerprint density at radius 2 is 1.91 bits per heavy atom. The van der Waals surface area contributed by atoms with E-state index in [0.29, 0.717) is 32.5 Å². The van der Waals surface area contributed by atoms with Gasteiger partial charge in [0.2, 0.25) is 5.91 Å². The first-order chi connectivity index (χ1) is 15.5. The molecule has 1 aromatic heterocycles. The third kappa shape index (κ3) is 4.69. The van der Waals surface area contributed by atoms with E-state index in [1.165, 1.54) is 18.0 Å². The van der Waals surface area contributed by atoms with Crippen LogP contribution >= 0.6 is 0 Å². The molecule has 0 bridgehead atoms. The number of nitrogens with two attached hydrogens (primary N) is 1. The largest absolute Gasteiger partial charge is 0.491 e. The molecule has 1 fully saturated rings. The van der Waals surface area contributed by atoms with Crippen molar-refractivity contribution in [3.63, 3.8) is 0 Å². The minimum absolute atomic E-state index is 0.0635. The quantitative estimate of drug-likeness (QED) is 0.710. The number of piperidine rings is 1. The number of carbonyl (C=O) groups is 2. The summed E-state index contributed by atoms with van der Waals surface area (Å²) in [6, 6.07) is 8.02. The lowest BCUT2D eigenvalue weighted by Crippen LogP contribution is -2.52. The average molecular weight is 438 g/mol. The predicted molar refractivity (Wildman–Crippen MR) is 121 cm³/mol. The zero-order valence-corrected chi connectivity index (χ0v) is 18.5. The van der Waals surface area contributed by atoms with Crippen molar-refractivity contribution in [3.05, 3.63) is 47.9 Å². The Morgan fingerprint density at radius 1 is 1.16 bits per heavy atom. The van der Waals surface area contributed by atoms with Crippen molar-refractivity contribution in [2.45, 2.75) is 51.5 Å². The van der Waals surface area contributed by atoms with Crippen LogP contribution in [0.5, 0.6) is 5.75 Å². The fraction of sp³-hybridized carbons (Fsp3) is 0.500. The van der Waals surface area contributed by atoms with Gasteiger partial charge in [-0.15, -0.1) is 0 Å². The summed E-state index contributed by atoms with van der Waals surface area (Å²) in [6.45, 7) is 3.39. The summed E-state index contributed by atoms with van der Waals surface area (Å²) in [5, 5.41) is 3.16. The number of nitrogens with one attached hydrogen (secondary N) is 1. The molecule has 0 unspecified atom stereocenters. The maximum absolute atomic E-state index is 13.4. The van der Waals surface area contributed by atoms with E-state index < -0.39 is 5.41 Å². The summed E-state index contributed by atoms with van der Waals surface area (Å²) in [6.07, 6.45) is 7.85. The average Bonchev–Trinajstić information content (AvgIpc) is 2.80. The number of rotatable bonds is 1. The maximum atomic E-state index is 13.4. The van der Waals surface area contributed by atoms with E-state index in [4.69, 9.17) is 10.5 Å². The van der Waals surface area contributed by atoms with Gasteiger partial charge in [-0.1, -0.05) is 24.6 Å². The first-order valence-corrected chi connectivity index (χ1v) is 11.4. The van der Waals surface area contributed by atoms with E-state index in [-0.39, 0.29) is 29.4 Å². The number of hydrogen-bond acceptors (Lipinski definition) is 6. The van der Waals surface area contributed by atoms with Crippen LogP contribution in [-0.2, 0) is 11.2 Å². The molecule has 2 aliphatic heterocycles. The van der Waals surface area contributed by atoms with E-state index >= 15 is 0 Å². The number of anilines is 1. The minimum atomic E-state index is -0.475. The zero-order valence-electron chi connectivity index (χ0n) is 18.5. The molecule has 1 spiro atoms. The molecule has 8 heteroatoms. The van der Waals surface area contributed by atoms with E-state index in [9.17, 15) is 9.59 Å². The lowest BCUT2D eigenvalue weighted by Gasteiger charge is -2.41. The minimum Gasteiger partial charge on any atom is -0.491 e. The van der Waals surface area contributed by atoms with Crippen LogP contribution in [0.2, 0.25) is 0 Å². The van der Waals surface area contributed by atoms with Crippen molar-refractivity contribution in [3.8, 4) is 5.75 Å². The van der Waals surface area contributed by atoms with Crippen LogP contribution in [0.3, 0.4) is 0 Å². The third-order valence-corrected chi connectivity index (χ3v) is 6.61. The Morgan fingerprint density at radius 3 is 2.69 bits per heavy atom. The highest BCUT2D eigenvalue weighted by molar-refractivity contribution is 5.96. The summed E-state index contributed by atoms with van der Waals surface area (Å²) >= 11 is 0. The molecular formula is C24H31N5O3. The number of fused-ring (bicyclic) bond motifs is 1. The second-order valence-electron chi connectivity index (χ2n) is 8.86. The number of benzene rings is 1. The molecule has 2 aliphatic rings. The SMILES string of the molecule is C[C@@H]1COc2ccccc2CCCCC2(CCN(C(=O)c3nccnc3N)CC2)C(=O)N1. The molecule has 1 saturated heterocycles. The Kier molecular flexibility index (Phi) is 6.58. The smallest absolute Gasteiger partial charge is 0.276 e. The van der Waals surface area contributed by atoms with Gasteiger partial charge >= 0.3 is 0 Å². The van der Waals surface area contributed by atoms with Gasteiger partial charge in [0.25, 0.3) is 5.91 Å². The molecule has 32 heavy (non-hydrogen) atoms. The lowest BCUT2D eigenvalue weighted by molar-refractivity contribution is -0.135. The van der Waals surface area contributed by atoms with Crippen molar-refractivity contribution >= 4 is 17.6 Å². The van der Waals surface area contributed by atoms with E-state index in [0.717, 1.165) is 31.4 Å². The van der Waals surface area contributed by atoms with Gasteiger partial charge in [0, 0.05) is 25.5 Å². The van der Waals surface area contributed by atoms with Crippen molar-refractivity contribution < 1.29 is 14.3 Å². The first kappa shape index (κ1) is 22.0. The molecule has 1 aromatic carbocycles. The number of aryl methyl sites for hydroxylation is 1. The fourth-order valence-electron chi connectivity index (χ4n) is 4.66. The molecule has 1 atom stereocenters. The van der Waals surface area contributed by atoms with E-state index in [1.807, 2.05) is 25.1 Å². The second kappa shape index (κ2) is 9.54. The number of nitrogens with zero attached hydrogens (tertiary/aromatic N) is 3. The van der Waals surface area contributed by atoms with Crippen molar-refractivity contribution in [2.75, 3.05) is 25.4 Å². The van der Waals surface area contributed by atoms with Crippen LogP contribution < -0.4 is 15.8 Å². The number of likely N-dealkylation sites (tertiary alicyclic amines) is 1. The van der Waals surface area contributed by atoms with E-state index in [1.54, 1.807) is 4.90 Å². The second-order valence-corrected chi connectivity index (χ2v) is 8.86. The highest BCUT2D eigenvalue weighted by Crippen LogP contribution is 2.38. The number of hydrogen-bond donors (Lipinski definition) is 2.